The van der Waals surface area contributed by atoms with E-state index in [1.54, 1.807) is 4.90 Å². The SMILES string of the molecule is O=C1N2C[C@H](CC[C@H]2c2nnco2)N1OCc1ccccc1. The molecule has 3 heterocycles. The summed E-state index contributed by atoms with van der Waals surface area (Å²) in [6.07, 6.45) is 2.97. The van der Waals surface area contributed by atoms with Gasteiger partial charge in [-0.25, -0.2) is 4.79 Å². The van der Waals surface area contributed by atoms with Crippen LogP contribution in [0.15, 0.2) is 41.1 Å². The van der Waals surface area contributed by atoms with Crippen LogP contribution in [0.2, 0.25) is 0 Å². The predicted molar refractivity (Wildman–Crippen MR) is 75.2 cm³/mol. The highest BCUT2D eigenvalue weighted by atomic mass is 16.7. The smallest absolute Gasteiger partial charge is 0.345 e. The summed E-state index contributed by atoms with van der Waals surface area (Å²) in [5.41, 5.74) is 1.04. The van der Waals surface area contributed by atoms with Gasteiger partial charge in [-0.15, -0.1) is 10.2 Å². The Morgan fingerprint density at radius 3 is 2.91 bits per heavy atom. The van der Waals surface area contributed by atoms with E-state index in [0.717, 1.165) is 18.4 Å². The molecule has 2 amide bonds. The van der Waals surface area contributed by atoms with Gasteiger partial charge in [-0.3, -0.25) is 4.84 Å². The quantitative estimate of drug-likeness (QED) is 0.865. The normalized spacial score (nSPS) is 24.1. The Bertz CT molecular complexity index is 646. The summed E-state index contributed by atoms with van der Waals surface area (Å²) in [6.45, 7) is 1.03. The molecular weight excluding hydrogens is 284 g/mol. The summed E-state index contributed by atoms with van der Waals surface area (Å²) in [6, 6.07) is 9.66. The Balaban J connectivity index is 1.46. The summed E-state index contributed by atoms with van der Waals surface area (Å²) in [5, 5.41) is 9.14. The number of fused-ring (bicyclic) bond motifs is 2. The molecule has 2 fully saturated rings. The zero-order chi connectivity index (χ0) is 14.9. The van der Waals surface area contributed by atoms with Crippen molar-refractivity contribution in [2.75, 3.05) is 6.54 Å². The van der Waals surface area contributed by atoms with Crippen LogP contribution in [0.25, 0.3) is 0 Å². The number of hydrogen-bond donors (Lipinski definition) is 0. The van der Waals surface area contributed by atoms with E-state index in [-0.39, 0.29) is 18.1 Å². The fraction of sp³-hybridized carbons (Fsp3) is 0.400. The molecule has 1 aromatic carbocycles. The maximum absolute atomic E-state index is 12.6. The van der Waals surface area contributed by atoms with Crippen LogP contribution in [0, 0.1) is 0 Å². The lowest BCUT2D eigenvalue weighted by Crippen LogP contribution is -2.34. The average Bonchev–Trinajstić information content (AvgIpc) is 3.17. The van der Waals surface area contributed by atoms with Gasteiger partial charge in [0.1, 0.15) is 12.6 Å². The van der Waals surface area contributed by atoms with Crippen molar-refractivity contribution in [2.24, 2.45) is 0 Å². The molecule has 2 saturated heterocycles. The first-order chi connectivity index (χ1) is 10.8. The predicted octanol–water partition coefficient (Wildman–Crippen LogP) is 2.14. The van der Waals surface area contributed by atoms with E-state index in [0.29, 0.717) is 19.0 Å². The second-order valence-electron chi connectivity index (χ2n) is 5.54. The lowest BCUT2D eigenvalue weighted by Gasteiger charge is -2.27. The third-order valence-electron chi connectivity index (χ3n) is 4.20. The van der Waals surface area contributed by atoms with Crippen LogP contribution in [0.1, 0.15) is 30.3 Å². The number of aromatic nitrogens is 2. The Kier molecular flexibility index (Phi) is 3.27. The highest BCUT2D eigenvalue weighted by Gasteiger charge is 2.47. The van der Waals surface area contributed by atoms with Gasteiger partial charge in [-0.1, -0.05) is 30.3 Å². The summed E-state index contributed by atoms with van der Waals surface area (Å²) < 4.78 is 5.26. The number of benzene rings is 1. The van der Waals surface area contributed by atoms with Crippen LogP contribution in [-0.2, 0) is 11.4 Å². The van der Waals surface area contributed by atoms with Crippen LogP contribution in [0.3, 0.4) is 0 Å². The van der Waals surface area contributed by atoms with Gasteiger partial charge in [-0.2, -0.15) is 5.06 Å². The lowest BCUT2D eigenvalue weighted by atomic mass is 10.0. The summed E-state index contributed by atoms with van der Waals surface area (Å²) in [4.78, 5) is 20.1. The van der Waals surface area contributed by atoms with E-state index in [9.17, 15) is 4.79 Å². The first-order valence-corrected chi connectivity index (χ1v) is 7.35. The number of nitrogens with zero attached hydrogens (tertiary/aromatic N) is 4. The zero-order valence-electron chi connectivity index (χ0n) is 12.0. The number of hydroxylamine groups is 2. The molecule has 0 saturated carbocycles. The van der Waals surface area contributed by atoms with Gasteiger partial charge in [0.2, 0.25) is 12.3 Å². The molecule has 2 aliphatic heterocycles. The molecule has 22 heavy (non-hydrogen) atoms. The molecule has 7 heteroatoms. The second kappa shape index (κ2) is 5.42. The van der Waals surface area contributed by atoms with Crippen molar-refractivity contribution >= 4 is 6.03 Å². The number of hydrogen-bond acceptors (Lipinski definition) is 5. The Hall–Kier alpha value is -2.41. The van der Waals surface area contributed by atoms with Gasteiger partial charge in [0.25, 0.3) is 0 Å². The maximum Gasteiger partial charge on any atom is 0.345 e. The van der Waals surface area contributed by atoms with Gasteiger partial charge in [0, 0.05) is 6.54 Å². The third-order valence-corrected chi connectivity index (χ3v) is 4.20. The first-order valence-electron chi connectivity index (χ1n) is 7.35. The van der Waals surface area contributed by atoms with Gasteiger partial charge >= 0.3 is 6.03 Å². The molecule has 4 rings (SSSR count). The number of carbonyl (C=O) groups excluding carboxylic acids is 1. The fourth-order valence-corrected chi connectivity index (χ4v) is 3.10. The Labute approximate surface area is 127 Å². The minimum Gasteiger partial charge on any atom is -0.426 e. The van der Waals surface area contributed by atoms with Gasteiger partial charge in [0.15, 0.2) is 0 Å². The molecule has 0 unspecified atom stereocenters. The summed E-state index contributed by atoms with van der Waals surface area (Å²) >= 11 is 0. The second-order valence-corrected chi connectivity index (χ2v) is 5.54. The van der Waals surface area contributed by atoms with Crippen LogP contribution >= 0.6 is 0 Å². The van der Waals surface area contributed by atoms with E-state index in [4.69, 9.17) is 9.25 Å². The Morgan fingerprint density at radius 2 is 2.14 bits per heavy atom. The summed E-state index contributed by atoms with van der Waals surface area (Å²) in [7, 11) is 0. The van der Waals surface area contributed by atoms with Crippen molar-refractivity contribution in [1.29, 1.82) is 0 Å². The van der Waals surface area contributed by atoms with Crippen LogP contribution in [0.4, 0.5) is 4.79 Å². The molecule has 7 nitrogen and oxygen atoms in total. The number of carbonyl (C=O) groups is 1. The van der Waals surface area contributed by atoms with E-state index < -0.39 is 0 Å². The fourth-order valence-electron chi connectivity index (χ4n) is 3.10. The van der Waals surface area contributed by atoms with Crippen molar-refractivity contribution in [3.05, 3.63) is 48.2 Å². The molecule has 0 spiro atoms. The molecule has 2 atom stereocenters. The van der Waals surface area contributed by atoms with Crippen molar-refractivity contribution in [3.8, 4) is 0 Å². The standard InChI is InChI=1S/C15H16N4O3/c20-15-18-8-12(6-7-13(18)14-17-16-10-21-14)19(15)22-9-11-4-2-1-3-5-11/h1-5,10,12-13H,6-9H2/t12-,13-/m0/s1. The zero-order valence-corrected chi connectivity index (χ0v) is 12.0. The van der Waals surface area contributed by atoms with Crippen LogP contribution in [0.5, 0.6) is 0 Å². The number of amides is 2. The molecule has 0 N–H and O–H groups in total. The first kappa shape index (κ1) is 13.3. The number of urea groups is 1. The minimum atomic E-state index is -0.142. The largest absolute Gasteiger partial charge is 0.426 e. The molecule has 2 aliphatic rings. The van der Waals surface area contributed by atoms with Crippen molar-refractivity contribution in [2.45, 2.75) is 31.5 Å². The average molecular weight is 300 g/mol. The molecular formula is C15H16N4O3. The Morgan fingerprint density at radius 1 is 1.27 bits per heavy atom. The highest BCUT2D eigenvalue weighted by Crippen LogP contribution is 2.37. The van der Waals surface area contributed by atoms with Crippen LogP contribution < -0.4 is 0 Å². The number of piperidine rings is 1. The van der Waals surface area contributed by atoms with Crippen LogP contribution in [-0.4, -0.2) is 38.8 Å². The molecule has 114 valence electrons. The third kappa shape index (κ3) is 2.23. The van der Waals surface area contributed by atoms with E-state index in [1.807, 2.05) is 30.3 Å². The number of rotatable bonds is 4. The van der Waals surface area contributed by atoms with Crippen molar-refractivity contribution in [1.82, 2.24) is 20.2 Å². The maximum atomic E-state index is 12.6. The molecule has 2 bridgehead atoms. The highest BCUT2D eigenvalue weighted by molar-refractivity contribution is 5.77. The van der Waals surface area contributed by atoms with E-state index in [2.05, 4.69) is 10.2 Å². The van der Waals surface area contributed by atoms with Crippen molar-refractivity contribution in [3.63, 3.8) is 0 Å². The van der Waals surface area contributed by atoms with Gasteiger partial charge in [-0.05, 0) is 18.4 Å². The van der Waals surface area contributed by atoms with Gasteiger partial charge < -0.3 is 9.32 Å². The molecule has 0 aliphatic carbocycles. The molecule has 2 aromatic rings. The van der Waals surface area contributed by atoms with E-state index in [1.165, 1.54) is 11.5 Å². The van der Waals surface area contributed by atoms with Crippen molar-refractivity contribution < 1.29 is 14.0 Å². The molecule has 0 radical (unpaired) electrons. The lowest BCUT2D eigenvalue weighted by molar-refractivity contribution is -0.140. The topological polar surface area (TPSA) is 71.7 Å². The summed E-state index contributed by atoms with van der Waals surface area (Å²) in [5.74, 6) is 0.497. The molecule has 1 aromatic heterocycles. The van der Waals surface area contributed by atoms with E-state index >= 15 is 0 Å². The monoisotopic (exact) mass is 300 g/mol. The van der Waals surface area contributed by atoms with Gasteiger partial charge in [0.05, 0.1) is 6.04 Å². The minimum absolute atomic E-state index is 0.0929.